The third kappa shape index (κ3) is 6.49. The van der Waals surface area contributed by atoms with Crippen LogP contribution >= 0.6 is 11.8 Å². The lowest BCUT2D eigenvalue weighted by atomic mass is 10.1. The molecule has 0 radical (unpaired) electrons. The number of hydrogen-bond acceptors (Lipinski definition) is 3. The van der Waals surface area contributed by atoms with Crippen LogP contribution in [0.3, 0.4) is 0 Å². The summed E-state index contributed by atoms with van der Waals surface area (Å²) in [6, 6.07) is 14.0. The van der Waals surface area contributed by atoms with Gasteiger partial charge >= 0.3 is 0 Å². The number of unbranched alkanes of at least 4 members (excludes halogenated alkanes) is 5. The first-order valence-corrected chi connectivity index (χ1v) is 10.8. The van der Waals surface area contributed by atoms with Gasteiger partial charge in [0.05, 0.1) is 5.56 Å². The molecule has 1 heterocycles. The van der Waals surface area contributed by atoms with Gasteiger partial charge in [-0.3, -0.25) is 4.79 Å². The molecular formula is C22H30N2OS. The highest BCUT2D eigenvalue weighted by Crippen LogP contribution is 2.20. The van der Waals surface area contributed by atoms with Crippen molar-refractivity contribution in [3.63, 3.8) is 0 Å². The summed E-state index contributed by atoms with van der Waals surface area (Å²) in [6.07, 6.45) is 11.1. The molecule has 0 aliphatic carbocycles. The summed E-state index contributed by atoms with van der Waals surface area (Å²) in [5.74, 6) is 0.0832. The second-order valence-electron chi connectivity index (χ2n) is 6.54. The molecule has 4 heteroatoms. The van der Waals surface area contributed by atoms with Crippen molar-refractivity contribution in [1.82, 2.24) is 9.88 Å². The number of carbonyl (C=O) groups is 1. The standard InChI is InChI=1S/C22H30N2OS/c1-3-4-5-6-7-11-17-24(18-19-13-9-8-10-14-19)22(25)20-15-12-16-23-21(20)26-2/h8-10,12-16H,3-7,11,17-18H2,1-2H3. The first-order chi connectivity index (χ1) is 12.8. The minimum atomic E-state index is 0.0832. The number of thioether (sulfide) groups is 1. The van der Waals surface area contributed by atoms with Gasteiger partial charge in [0.2, 0.25) is 0 Å². The molecule has 0 saturated heterocycles. The molecule has 0 atom stereocenters. The molecule has 2 aromatic rings. The molecule has 0 saturated carbocycles. The van der Waals surface area contributed by atoms with Crippen LogP contribution in [-0.4, -0.2) is 28.6 Å². The molecule has 0 bridgehead atoms. The number of aromatic nitrogens is 1. The normalized spacial score (nSPS) is 10.7. The SMILES string of the molecule is CCCCCCCCN(Cc1ccccc1)C(=O)c1cccnc1SC. The number of amides is 1. The van der Waals surface area contributed by atoms with E-state index in [1.807, 2.05) is 41.5 Å². The van der Waals surface area contributed by atoms with Crippen LogP contribution in [0.5, 0.6) is 0 Å². The predicted molar refractivity (Wildman–Crippen MR) is 111 cm³/mol. The molecule has 0 spiro atoms. The van der Waals surface area contributed by atoms with Crippen LogP contribution in [-0.2, 0) is 6.54 Å². The lowest BCUT2D eigenvalue weighted by molar-refractivity contribution is 0.0735. The highest BCUT2D eigenvalue weighted by Gasteiger charge is 2.19. The fourth-order valence-electron chi connectivity index (χ4n) is 3.03. The average molecular weight is 371 g/mol. The van der Waals surface area contributed by atoms with Crippen molar-refractivity contribution in [2.45, 2.75) is 57.0 Å². The molecule has 0 aliphatic rings. The minimum absolute atomic E-state index is 0.0832. The Balaban J connectivity index is 2.05. The lowest BCUT2D eigenvalue weighted by Crippen LogP contribution is -2.32. The molecule has 1 aromatic heterocycles. The monoisotopic (exact) mass is 370 g/mol. The van der Waals surface area contributed by atoms with E-state index in [2.05, 4.69) is 24.0 Å². The van der Waals surface area contributed by atoms with Crippen molar-refractivity contribution in [2.75, 3.05) is 12.8 Å². The Morgan fingerprint density at radius 1 is 1.00 bits per heavy atom. The van der Waals surface area contributed by atoms with Crippen LogP contribution in [0.2, 0.25) is 0 Å². The summed E-state index contributed by atoms with van der Waals surface area (Å²) in [5.41, 5.74) is 1.88. The predicted octanol–water partition coefficient (Wildman–Crippen LogP) is 5.81. The maximum Gasteiger partial charge on any atom is 0.256 e. The van der Waals surface area contributed by atoms with Gasteiger partial charge in [-0.05, 0) is 30.4 Å². The molecule has 1 amide bonds. The minimum Gasteiger partial charge on any atom is -0.334 e. The zero-order valence-electron chi connectivity index (χ0n) is 16.0. The van der Waals surface area contributed by atoms with Gasteiger partial charge in [0.25, 0.3) is 5.91 Å². The van der Waals surface area contributed by atoms with Crippen LogP contribution in [0.4, 0.5) is 0 Å². The van der Waals surface area contributed by atoms with Gasteiger partial charge in [0.15, 0.2) is 0 Å². The number of nitrogens with zero attached hydrogens (tertiary/aromatic N) is 2. The van der Waals surface area contributed by atoms with Crippen LogP contribution in [0.15, 0.2) is 53.7 Å². The molecular weight excluding hydrogens is 340 g/mol. The number of benzene rings is 1. The molecule has 26 heavy (non-hydrogen) atoms. The van der Waals surface area contributed by atoms with E-state index >= 15 is 0 Å². The molecule has 1 aromatic carbocycles. The second-order valence-corrected chi connectivity index (χ2v) is 7.34. The van der Waals surface area contributed by atoms with Gasteiger partial charge in [0.1, 0.15) is 5.03 Å². The first-order valence-electron chi connectivity index (χ1n) is 9.58. The van der Waals surface area contributed by atoms with Crippen molar-refractivity contribution in [2.24, 2.45) is 0 Å². The number of pyridine rings is 1. The molecule has 2 rings (SSSR count). The maximum atomic E-state index is 13.2. The van der Waals surface area contributed by atoms with Crippen LogP contribution in [0, 0.1) is 0 Å². The van der Waals surface area contributed by atoms with Crippen LogP contribution in [0.25, 0.3) is 0 Å². The maximum absolute atomic E-state index is 13.2. The summed E-state index contributed by atoms with van der Waals surface area (Å²) >= 11 is 1.53. The molecule has 0 N–H and O–H groups in total. The largest absolute Gasteiger partial charge is 0.334 e. The van der Waals surface area contributed by atoms with E-state index in [0.717, 1.165) is 18.0 Å². The van der Waals surface area contributed by atoms with Gasteiger partial charge in [-0.25, -0.2) is 4.98 Å². The lowest BCUT2D eigenvalue weighted by Gasteiger charge is -2.24. The quantitative estimate of drug-likeness (QED) is 0.370. The fourth-order valence-corrected chi connectivity index (χ4v) is 3.57. The Morgan fingerprint density at radius 3 is 2.46 bits per heavy atom. The highest BCUT2D eigenvalue weighted by atomic mass is 32.2. The van der Waals surface area contributed by atoms with E-state index in [-0.39, 0.29) is 5.91 Å². The summed E-state index contributed by atoms with van der Waals surface area (Å²) in [6.45, 7) is 3.68. The zero-order valence-corrected chi connectivity index (χ0v) is 16.8. The van der Waals surface area contributed by atoms with Gasteiger partial charge in [-0.15, -0.1) is 11.8 Å². The second kappa shape index (κ2) is 11.7. The van der Waals surface area contributed by atoms with Crippen molar-refractivity contribution in [3.05, 3.63) is 59.8 Å². The van der Waals surface area contributed by atoms with Crippen LogP contribution in [0.1, 0.15) is 61.4 Å². The van der Waals surface area contributed by atoms with Crippen molar-refractivity contribution >= 4 is 17.7 Å². The molecule has 140 valence electrons. The molecule has 0 fully saturated rings. The van der Waals surface area contributed by atoms with Gasteiger partial charge in [-0.1, -0.05) is 69.4 Å². The van der Waals surface area contributed by atoms with E-state index in [1.165, 1.54) is 49.4 Å². The number of hydrogen-bond donors (Lipinski definition) is 0. The topological polar surface area (TPSA) is 33.2 Å². The zero-order chi connectivity index (χ0) is 18.6. The summed E-state index contributed by atoms with van der Waals surface area (Å²) in [7, 11) is 0. The third-order valence-corrected chi connectivity index (χ3v) is 5.19. The Hall–Kier alpha value is -1.81. The van der Waals surface area contributed by atoms with Crippen molar-refractivity contribution < 1.29 is 4.79 Å². The van der Waals surface area contributed by atoms with Gasteiger partial charge in [0, 0.05) is 19.3 Å². The Labute approximate surface area is 162 Å². The smallest absolute Gasteiger partial charge is 0.256 e. The molecule has 0 aliphatic heterocycles. The van der Waals surface area contributed by atoms with Crippen molar-refractivity contribution in [1.29, 1.82) is 0 Å². The van der Waals surface area contributed by atoms with E-state index in [4.69, 9.17) is 0 Å². The van der Waals surface area contributed by atoms with Crippen LogP contribution < -0.4 is 0 Å². The van der Waals surface area contributed by atoms with E-state index in [9.17, 15) is 4.79 Å². The Kier molecular flexibility index (Phi) is 9.26. The number of carbonyl (C=O) groups excluding carboxylic acids is 1. The average Bonchev–Trinajstić information content (AvgIpc) is 2.70. The van der Waals surface area contributed by atoms with Crippen molar-refractivity contribution in [3.8, 4) is 0 Å². The Bertz CT molecular complexity index is 660. The number of rotatable bonds is 11. The summed E-state index contributed by atoms with van der Waals surface area (Å²) in [5, 5.41) is 0.804. The van der Waals surface area contributed by atoms with E-state index < -0.39 is 0 Å². The first kappa shape index (κ1) is 20.5. The van der Waals surface area contributed by atoms with Gasteiger partial charge < -0.3 is 4.90 Å². The third-order valence-electron chi connectivity index (χ3n) is 4.48. The molecule has 3 nitrogen and oxygen atoms in total. The van der Waals surface area contributed by atoms with Gasteiger partial charge in [-0.2, -0.15) is 0 Å². The summed E-state index contributed by atoms with van der Waals surface area (Å²) < 4.78 is 0. The summed E-state index contributed by atoms with van der Waals surface area (Å²) in [4.78, 5) is 19.5. The van der Waals surface area contributed by atoms with E-state index in [0.29, 0.717) is 12.1 Å². The fraction of sp³-hybridized carbons (Fsp3) is 0.455. The Morgan fingerprint density at radius 2 is 1.73 bits per heavy atom. The highest BCUT2D eigenvalue weighted by molar-refractivity contribution is 7.98. The van der Waals surface area contributed by atoms with E-state index in [1.54, 1.807) is 6.20 Å². The molecule has 0 unspecified atom stereocenters.